The van der Waals surface area contributed by atoms with Gasteiger partial charge >= 0.3 is 0 Å². The Bertz CT molecular complexity index is 861. The molecule has 0 aliphatic heterocycles. The highest BCUT2D eigenvalue weighted by atomic mass is 16.5. The molecule has 3 rings (SSSR count). The first kappa shape index (κ1) is 19.1. The van der Waals surface area contributed by atoms with E-state index < -0.39 is 0 Å². The normalized spacial score (nSPS) is 11.1. The number of rotatable bonds is 9. The number of aromatic nitrogens is 5. The molecule has 3 aromatic rings. The summed E-state index contributed by atoms with van der Waals surface area (Å²) in [6.45, 7) is 9.56. The SMILES string of the molecule is CCn1nnnc1-c1cc(C)c(OCCCCCc2cc(C)no2)c(C)c1. The number of nitrogens with zero attached hydrogens (tertiary/aromatic N) is 5. The topological polar surface area (TPSA) is 78.9 Å². The van der Waals surface area contributed by atoms with Crippen LogP contribution < -0.4 is 4.74 Å². The van der Waals surface area contributed by atoms with Crippen molar-refractivity contribution in [3.05, 3.63) is 40.8 Å². The van der Waals surface area contributed by atoms with Crippen molar-refractivity contribution in [1.82, 2.24) is 25.4 Å². The van der Waals surface area contributed by atoms with E-state index in [1.165, 1.54) is 0 Å². The van der Waals surface area contributed by atoms with Crippen LogP contribution in [0.4, 0.5) is 0 Å². The van der Waals surface area contributed by atoms with E-state index in [4.69, 9.17) is 9.26 Å². The number of hydrogen-bond donors (Lipinski definition) is 0. The summed E-state index contributed by atoms with van der Waals surface area (Å²) < 4.78 is 13.1. The summed E-state index contributed by atoms with van der Waals surface area (Å²) in [7, 11) is 0. The number of ether oxygens (including phenoxy) is 1. The maximum atomic E-state index is 6.06. The monoisotopic (exact) mass is 369 g/mol. The van der Waals surface area contributed by atoms with Crippen LogP contribution in [0.25, 0.3) is 11.4 Å². The highest BCUT2D eigenvalue weighted by molar-refractivity contribution is 5.61. The predicted octanol–water partition coefficient (Wildman–Crippen LogP) is 4.07. The molecule has 0 fully saturated rings. The second-order valence-corrected chi connectivity index (χ2v) is 6.85. The maximum absolute atomic E-state index is 6.06. The molecule has 2 aromatic heterocycles. The van der Waals surface area contributed by atoms with Crippen LogP contribution in [0, 0.1) is 20.8 Å². The van der Waals surface area contributed by atoms with Crippen molar-refractivity contribution in [2.75, 3.05) is 6.61 Å². The van der Waals surface area contributed by atoms with Gasteiger partial charge in [-0.05, 0) is 80.6 Å². The minimum absolute atomic E-state index is 0.711. The quantitative estimate of drug-likeness (QED) is 0.529. The Morgan fingerprint density at radius 2 is 1.81 bits per heavy atom. The summed E-state index contributed by atoms with van der Waals surface area (Å²) in [4.78, 5) is 0. The lowest BCUT2D eigenvalue weighted by Crippen LogP contribution is -2.03. The molecule has 0 spiro atoms. The van der Waals surface area contributed by atoms with Gasteiger partial charge in [-0.15, -0.1) is 5.10 Å². The van der Waals surface area contributed by atoms with Gasteiger partial charge in [-0.2, -0.15) is 0 Å². The van der Waals surface area contributed by atoms with E-state index >= 15 is 0 Å². The first-order valence-corrected chi connectivity index (χ1v) is 9.51. The summed E-state index contributed by atoms with van der Waals surface area (Å²) in [6.07, 6.45) is 4.12. The van der Waals surface area contributed by atoms with Gasteiger partial charge in [0.25, 0.3) is 0 Å². The lowest BCUT2D eigenvalue weighted by molar-refractivity contribution is 0.299. The summed E-state index contributed by atoms with van der Waals surface area (Å²) in [6, 6.07) is 6.18. The fraction of sp³-hybridized carbons (Fsp3) is 0.500. The number of unbranched alkanes of at least 4 members (excludes halogenated alkanes) is 2. The van der Waals surface area contributed by atoms with Gasteiger partial charge in [0.1, 0.15) is 11.5 Å². The minimum atomic E-state index is 0.711. The van der Waals surface area contributed by atoms with Crippen molar-refractivity contribution < 1.29 is 9.26 Å². The van der Waals surface area contributed by atoms with Crippen LogP contribution in [-0.4, -0.2) is 32.0 Å². The van der Waals surface area contributed by atoms with Gasteiger partial charge < -0.3 is 9.26 Å². The molecule has 2 heterocycles. The molecule has 27 heavy (non-hydrogen) atoms. The molecule has 0 saturated heterocycles. The van der Waals surface area contributed by atoms with Gasteiger partial charge in [-0.1, -0.05) is 5.16 Å². The molecule has 1 aromatic carbocycles. The molecular weight excluding hydrogens is 342 g/mol. The van der Waals surface area contributed by atoms with Crippen LogP contribution in [0.5, 0.6) is 5.75 Å². The Labute approximate surface area is 159 Å². The van der Waals surface area contributed by atoms with E-state index in [9.17, 15) is 0 Å². The van der Waals surface area contributed by atoms with Crippen LogP contribution >= 0.6 is 0 Å². The van der Waals surface area contributed by atoms with Gasteiger partial charge in [0, 0.05) is 24.6 Å². The lowest BCUT2D eigenvalue weighted by atomic mass is 10.0. The van der Waals surface area contributed by atoms with E-state index in [2.05, 4.69) is 46.7 Å². The van der Waals surface area contributed by atoms with Crippen molar-refractivity contribution in [1.29, 1.82) is 0 Å². The summed E-state index contributed by atoms with van der Waals surface area (Å²) in [5.74, 6) is 2.71. The zero-order valence-corrected chi connectivity index (χ0v) is 16.5. The molecule has 0 bridgehead atoms. The smallest absolute Gasteiger partial charge is 0.182 e. The molecule has 0 N–H and O–H groups in total. The zero-order chi connectivity index (χ0) is 19.2. The second kappa shape index (κ2) is 8.79. The molecule has 7 heteroatoms. The molecule has 0 aliphatic carbocycles. The van der Waals surface area contributed by atoms with E-state index in [-0.39, 0.29) is 0 Å². The van der Waals surface area contributed by atoms with Crippen LogP contribution in [0.2, 0.25) is 0 Å². The number of benzene rings is 1. The summed E-state index contributed by atoms with van der Waals surface area (Å²) in [5, 5.41) is 15.8. The maximum Gasteiger partial charge on any atom is 0.182 e. The largest absolute Gasteiger partial charge is 0.493 e. The average Bonchev–Trinajstić information content (AvgIpc) is 3.28. The summed E-state index contributed by atoms with van der Waals surface area (Å²) >= 11 is 0. The molecule has 0 saturated carbocycles. The highest BCUT2D eigenvalue weighted by Gasteiger charge is 2.12. The van der Waals surface area contributed by atoms with Gasteiger partial charge in [-0.3, -0.25) is 0 Å². The van der Waals surface area contributed by atoms with E-state index in [1.807, 2.05) is 19.9 Å². The Morgan fingerprint density at radius 1 is 1.04 bits per heavy atom. The van der Waals surface area contributed by atoms with Gasteiger partial charge in [0.2, 0.25) is 0 Å². The standard InChI is InChI=1S/C20H27N5O2/c1-5-25-20(21-23-24-25)17-11-14(2)19(15(3)12-17)26-10-8-6-7-9-18-13-16(4)22-27-18/h11-13H,5-10H2,1-4H3. The Kier molecular flexibility index (Phi) is 6.21. The molecule has 7 nitrogen and oxygen atoms in total. The third-order valence-electron chi connectivity index (χ3n) is 4.54. The Hall–Kier alpha value is -2.70. The van der Waals surface area contributed by atoms with Crippen LogP contribution in [0.1, 0.15) is 48.8 Å². The second-order valence-electron chi connectivity index (χ2n) is 6.85. The number of aryl methyl sites for hydroxylation is 5. The van der Waals surface area contributed by atoms with Crippen LogP contribution in [-0.2, 0) is 13.0 Å². The van der Waals surface area contributed by atoms with E-state index in [0.717, 1.165) is 71.9 Å². The van der Waals surface area contributed by atoms with Crippen LogP contribution in [0.15, 0.2) is 22.7 Å². The first-order valence-electron chi connectivity index (χ1n) is 9.51. The van der Waals surface area contributed by atoms with Crippen molar-refractivity contribution >= 4 is 0 Å². The van der Waals surface area contributed by atoms with Gasteiger partial charge in [-0.25, -0.2) is 4.68 Å². The molecule has 0 radical (unpaired) electrons. The number of hydrogen-bond acceptors (Lipinski definition) is 6. The molecule has 144 valence electrons. The fourth-order valence-electron chi connectivity index (χ4n) is 3.22. The molecule has 0 unspecified atom stereocenters. The Morgan fingerprint density at radius 3 is 2.48 bits per heavy atom. The predicted molar refractivity (Wildman–Crippen MR) is 103 cm³/mol. The first-order chi connectivity index (χ1) is 13.1. The van der Waals surface area contributed by atoms with E-state index in [0.29, 0.717) is 6.61 Å². The number of tetrazole rings is 1. The molecular formula is C20H27N5O2. The third kappa shape index (κ3) is 4.72. The lowest BCUT2D eigenvalue weighted by Gasteiger charge is -2.14. The van der Waals surface area contributed by atoms with Crippen LogP contribution in [0.3, 0.4) is 0 Å². The fourth-order valence-corrected chi connectivity index (χ4v) is 3.22. The zero-order valence-electron chi connectivity index (χ0n) is 16.5. The molecule has 0 atom stereocenters. The van der Waals surface area contributed by atoms with Gasteiger partial charge in [0.05, 0.1) is 12.3 Å². The molecule has 0 amide bonds. The van der Waals surface area contributed by atoms with Gasteiger partial charge in [0.15, 0.2) is 5.82 Å². The summed E-state index contributed by atoms with van der Waals surface area (Å²) in [5.41, 5.74) is 4.17. The van der Waals surface area contributed by atoms with Crippen molar-refractivity contribution in [2.45, 2.75) is 59.9 Å². The van der Waals surface area contributed by atoms with E-state index in [1.54, 1.807) is 4.68 Å². The third-order valence-corrected chi connectivity index (χ3v) is 4.54. The minimum Gasteiger partial charge on any atom is -0.493 e. The molecule has 0 aliphatic rings. The highest BCUT2D eigenvalue weighted by Crippen LogP contribution is 2.29. The van der Waals surface area contributed by atoms with Crippen molar-refractivity contribution in [3.63, 3.8) is 0 Å². The van der Waals surface area contributed by atoms with Crippen molar-refractivity contribution in [2.24, 2.45) is 0 Å². The average molecular weight is 369 g/mol. The Balaban J connectivity index is 1.51. The van der Waals surface area contributed by atoms with Crippen molar-refractivity contribution in [3.8, 4) is 17.1 Å².